The van der Waals surface area contributed by atoms with E-state index in [-0.39, 0.29) is 11.4 Å². The van der Waals surface area contributed by atoms with Gasteiger partial charge in [0.1, 0.15) is 0 Å². The average Bonchev–Trinajstić information content (AvgIpc) is 2.78. The minimum atomic E-state index is -3.66. The standard InChI is InChI=1S/C17H28N2O4S/c1-13-10-14(22-2)15(23-3)11-16(13)24(20,21)19-12-17(18)8-6-4-5-7-9-17/h10-11,19H,4-9,12,18H2,1-3H3. The van der Waals surface area contributed by atoms with Gasteiger partial charge in [-0.05, 0) is 31.4 Å². The Kier molecular flexibility index (Phi) is 6.11. The Morgan fingerprint density at radius 3 is 2.17 bits per heavy atom. The van der Waals surface area contributed by atoms with Gasteiger partial charge in [-0.15, -0.1) is 0 Å². The number of nitrogens with two attached hydrogens (primary N) is 1. The molecule has 1 aliphatic carbocycles. The maximum absolute atomic E-state index is 12.7. The lowest BCUT2D eigenvalue weighted by Crippen LogP contribution is -2.49. The largest absolute Gasteiger partial charge is 0.493 e. The summed E-state index contributed by atoms with van der Waals surface area (Å²) < 4.78 is 38.6. The minimum absolute atomic E-state index is 0.192. The first-order valence-electron chi connectivity index (χ1n) is 8.32. The summed E-state index contributed by atoms with van der Waals surface area (Å²) in [5.41, 5.74) is 6.55. The monoisotopic (exact) mass is 356 g/mol. The Balaban J connectivity index is 2.21. The summed E-state index contributed by atoms with van der Waals surface area (Å²) in [4.78, 5) is 0.192. The van der Waals surface area contributed by atoms with E-state index in [9.17, 15) is 8.42 Å². The van der Waals surface area contributed by atoms with Crippen molar-refractivity contribution in [1.29, 1.82) is 0 Å². The van der Waals surface area contributed by atoms with Crippen molar-refractivity contribution in [3.63, 3.8) is 0 Å². The highest BCUT2D eigenvalue weighted by Gasteiger charge is 2.29. The molecule has 0 bridgehead atoms. The highest BCUT2D eigenvalue weighted by molar-refractivity contribution is 7.89. The molecular weight excluding hydrogens is 328 g/mol. The van der Waals surface area contributed by atoms with Crippen LogP contribution in [0.25, 0.3) is 0 Å². The van der Waals surface area contributed by atoms with Crippen molar-refractivity contribution >= 4 is 10.0 Å². The molecule has 0 spiro atoms. The van der Waals surface area contributed by atoms with E-state index in [1.165, 1.54) is 33.1 Å². The Morgan fingerprint density at radius 1 is 1.08 bits per heavy atom. The molecule has 1 fully saturated rings. The van der Waals surface area contributed by atoms with Gasteiger partial charge in [0, 0.05) is 18.2 Å². The van der Waals surface area contributed by atoms with Crippen LogP contribution in [0.15, 0.2) is 17.0 Å². The normalized spacial score (nSPS) is 18.0. The van der Waals surface area contributed by atoms with Crippen LogP contribution in [0, 0.1) is 6.92 Å². The number of rotatable bonds is 6. The average molecular weight is 356 g/mol. The first-order valence-corrected chi connectivity index (χ1v) is 9.81. The number of aryl methyl sites for hydroxylation is 1. The molecule has 3 N–H and O–H groups in total. The summed E-state index contributed by atoms with van der Waals surface area (Å²) >= 11 is 0. The molecule has 0 heterocycles. The molecule has 1 aromatic rings. The van der Waals surface area contributed by atoms with Crippen LogP contribution in [0.4, 0.5) is 0 Å². The maximum Gasteiger partial charge on any atom is 0.241 e. The van der Waals surface area contributed by atoms with Crippen molar-refractivity contribution in [2.45, 2.75) is 55.9 Å². The van der Waals surface area contributed by atoms with Crippen LogP contribution < -0.4 is 19.9 Å². The van der Waals surface area contributed by atoms with Gasteiger partial charge < -0.3 is 15.2 Å². The molecular formula is C17H28N2O4S. The van der Waals surface area contributed by atoms with Crippen molar-refractivity contribution in [1.82, 2.24) is 4.72 Å². The molecule has 1 aromatic carbocycles. The van der Waals surface area contributed by atoms with Crippen LogP contribution >= 0.6 is 0 Å². The molecule has 7 heteroatoms. The smallest absolute Gasteiger partial charge is 0.241 e. The van der Waals surface area contributed by atoms with Gasteiger partial charge >= 0.3 is 0 Å². The van der Waals surface area contributed by atoms with Gasteiger partial charge in [0.25, 0.3) is 0 Å². The van der Waals surface area contributed by atoms with Crippen LogP contribution in [0.2, 0.25) is 0 Å². The SMILES string of the molecule is COc1cc(C)c(S(=O)(=O)NCC2(N)CCCCCC2)cc1OC. The second-order valence-electron chi connectivity index (χ2n) is 6.57. The Labute approximate surface area is 144 Å². The molecule has 2 rings (SSSR count). The third-order valence-electron chi connectivity index (χ3n) is 4.68. The van der Waals surface area contributed by atoms with Crippen LogP contribution in [-0.2, 0) is 10.0 Å². The van der Waals surface area contributed by atoms with E-state index in [0.29, 0.717) is 17.1 Å². The molecule has 24 heavy (non-hydrogen) atoms. The van der Waals surface area contributed by atoms with Crippen LogP contribution in [-0.4, -0.2) is 34.7 Å². The highest BCUT2D eigenvalue weighted by atomic mass is 32.2. The van der Waals surface area contributed by atoms with Gasteiger partial charge in [0.05, 0.1) is 19.1 Å². The molecule has 0 unspecified atom stereocenters. The molecule has 0 atom stereocenters. The molecule has 1 aliphatic rings. The third-order valence-corrected chi connectivity index (χ3v) is 6.23. The topological polar surface area (TPSA) is 90.7 Å². The second-order valence-corrected chi connectivity index (χ2v) is 8.31. The summed E-state index contributed by atoms with van der Waals surface area (Å²) in [5, 5.41) is 0. The van der Waals surface area contributed by atoms with Crippen molar-refractivity contribution in [2.75, 3.05) is 20.8 Å². The molecule has 0 radical (unpaired) electrons. The van der Waals surface area contributed by atoms with Gasteiger partial charge in [0.15, 0.2) is 11.5 Å². The van der Waals surface area contributed by atoms with E-state index in [1.807, 2.05) is 0 Å². The third kappa shape index (κ3) is 4.40. The van der Waals surface area contributed by atoms with Gasteiger partial charge in [-0.25, -0.2) is 13.1 Å². The first-order chi connectivity index (χ1) is 11.3. The van der Waals surface area contributed by atoms with E-state index in [0.717, 1.165) is 25.7 Å². The van der Waals surface area contributed by atoms with Gasteiger partial charge in [-0.2, -0.15) is 0 Å². The number of sulfonamides is 1. The molecule has 0 aliphatic heterocycles. The van der Waals surface area contributed by atoms with E-state index in [4.69, 9.17) is 15.2 Å². The van der Waals surface area contributed by atoms with E-state index < -0.39 is 15.6 Å². The van der Waals surface area contributed by atoms with Crippen molar-refractivity contribution in [3.8, 4) is 11.5 Å². The fourth-order valence-electron chi connectivity index (χ4n) is 3.18. The molecule has 1 saturated carbocycles. The van der Waals surface area contributed by atoms with Gasteiger partial charge in [-0.1, -0.05) is 25.7 Å². The lowest BCUT2D eigenvalue weighted by Gasteiger charge is -2.28. The van der Waals surface area contributed by atoms with Crippen molar-refractivity contribution < 1.29 is 17.9 Å². The molecule has 136 valence electrons. The summed E-state index contributed by atoms with van der Waals surface area (Å²) in [5.74, 6) is 0.897. The van der Waals surface area contributed by atoms with Gasteiger partial charge in [-0.3, -0.25) is 0 Å². The Hall–Kier alpha value is -1.31. The Morgan fingerprint density at radius 2 is 1.62 bits per heavy atom. The van der Waals surface area contributed by atoms with E-state index in [2.05, 4.69) is 4.72 Å². The number of benzene rings is 1. The second kappa shape index (κ2) is 7.72. The van der Waals surface area contributed by atoms with Crippen molar-refractivity contribution in [2.24, 2.45) is 5.73 Å². The predicted molar refractivity (Wildman–Crippen MR) is 94.1 cm³/mol. The predicted octanol–water partition coefficient (Wildman–Crippen LogP) is 2.34. The van der Waals surface area contributed by atoms with Crippen LogP contribution in [0.1, 0.15) is 44.1 Å². The van der Waals surface area contributed by atoms with E-state index >= 15 is 0 Å². The molecule has 0 aromatic heterocycles. The maximum atomic E-state index is 12.7. The number of nitrogens with one attached hydrogen (secondary N) is 1. The Bertz CT molecular complexity index is 665. The summed E-state index contributed by atoms with van der Waals surface area (Å²) in [6.07, 6.45) is 6.13. The summed E-state index contributed by atoms with van der Waals surface area (Å²) in [6, 6.07) is 3.16. The molecule has 0 saturated heterocycles. The summed E-state index contributed by atoms with van der Waals surface area (Å²) in [7, 11) is -0.658. The number of hydrogen-bond acceptors (Lipinski definition) is 5. The van der Waals surface area contributed by atoms with Gasteiger partial charge in [0.2, 0.25) is 10.0 Å². The zero-order valence-corrected chi connectivity index (χ0v) is 15.5. The van der Waals surface area contributed by atoms with E-state index in [1.54, 1.807) is 13.0 Å². The first kappa shape index (κ1) is 19.0. The zero-order valence-electron chi connectivity index (χ0n) is 14.7. The fraction of sp³-hybridized carbons (Fsp3) is 0.647. The van der Waals surface area contributed by atoms with Crippen LogP contribution in [0.5, 0.6) is 11.5 Å². The molecule has 6 nitrogen and oxygen atoms in total. The quantitative estimate of drug-likeness (QED) is 0.764. The lowest BCUT2D eigenvalue weighted by atomic mass is 9.92. The van der Waals surface area contributed by atoms with Crippen LogP contribution in [0.3, 0.4) is 0 Å². The van der Waals surface area contributed by atoms with Crippen molar-refractivity contribution in [3.05, 3.63) is 17.7 Å². The lowest BCUT2D eigenvalue weighted by molar-refractivity contribution is 0.353. The summed E-state index contributed by atoms with van der Waals surface area (Å²) in [6.45, 7) is 1.99. The number of methoxy groups -OCH3 is 2. The highest BCUT2D eigenvalue weighted by Crippen LogP contribution is 2.32. The number of hydrogen-bond donors (Lipinski definition) is 2. The number of ether oxygens (including phenoxy) is 2. The minimum Gasteiger partial charge on any atom is -0.493 e. The zero-order chi connectivity index (χ0) is 17.8. The fourth-order valence-corrected chi connectivity index (χ4v) is 4.56. The molecule has 0 amide bonds.